The molecule has 8 heteroatoms. The summed E-state index contributed by atoms with van der Waals surface area (Å²) >= 11 is 11.9. The molecule has 1 aliphatic rings. The number of hydrogen-bond acceptors (Lipinski definition) is 3. The Morgan fingerprint density at radius 2 is 1.80 bits per heavy atom. The smallest absolute Gasteiger partial charge is 0.320 e. The van der Waals surface area contributed by atoms with Gasteiger partial charge in [-0.3, -0.25) is 19.8 Å². The lowest BCUT2D eigenvalue weighted by atomic mass is 10.1. The molecule has 3 rings (SSSR count). The number of nitrogens with two attached hydrogens (primary N) is 1. The van der Waals surface area contributed by atoms with Crippen molar-refractivity contribution in [3.05, 3.63) is 63.6 Å². The molecule has 3 N–H and O–H groups in total. The Labute approximate surface area is 153 Å². The molecule has 1 heterocycles. The lowest BCUT2D eigenvalue weighted by molar-refractivity contribution is -0.121. The lowest BCUT2D eigenvalue weighted by Crippen LogP contribution is -2.51. The van der Waals surface area contributed by atoms with Gasteiger partial charge in [-0.2, -0.15) is 0 Å². The molecular formula is C17H13Cl2N3O3. The highest BCUT2D eigenvalue weighted by molar-refractivity contribution is 6.44. The van der Waals surface area contributed by atoms with Crippen molar-refractivity contribution in [2.75, 3.05) is 4.90 Å². The van der Waals surface area contributed by atoms with Crippen LogP contribution >= 0.6 is 23.2 Å². The fourth-order valence-corrected chi connectivity index (χ4v) is 3.20. The van der Waals surface area contributed by atoms with Crippen LogP contribution in [0.25, 0.3) is 0 Å². The first-order chi connectivity index (χ1) is 11.9. The number of primary amides is 1. The number of nitrogens with one attached hydrogen (secondary N) is 1. The molecule has 0 fully saturated rings. The normalized spacial score (nSPS) is 15.6. The van der Waals surface area contributed by atoms with Crippen LogP contribution in [0.5, 0.6) is 0 Å². The van der Waals surface area contributed by atoms with E-state index < -0.39 is 23.9 Å². The summed E-state index contributed by atoms with van der Waals surface area (Å²) in [5.41, 5.74) is 6.84. The zero-order valence-corrected chi connectivity index (χ0v) is 14.3. The predicted octanol–water partition coefficient (Wildman–Crippen LogP) is 2.76. The number of amides is 4. The largest absolute Gasteiger partial charge is 0.351 e. The molecule has 1 unspecified atom stereocenters. The van der Waals surface area contributed by atoms with Gasteiger partial charge in [0.1, 0.15) is 6.04 Å². The monoisotopic (exact) mass is 377 g/mol. The third kappa shape index (κ3) is 3.18. The maximum Gasteiger partial charge on any atom is 0.320 e. The quantitative estimate of drug-likeness (QED) is 0.787. The van der Waals surface area contributed by atoms with Crippen LogP contribution in [-0.2, 0) is 11.2 Å². The maximum atomic E-state index is 12.6. The Bertz CT molecular complexity index is 885. The van der Waals surface area contributed by atoms with E-state index in [1.54, 1.807) is 30.3 Å². The number of halogens is 2. The molecule has 4 amide bonds. The first-order valence-corrected chi connectivity index (χ1v) is 8.11. The maximum absolute atomic E-state index is 12.6. The van der Waals surface area contributed by atoms with Crippen molar-refractivity contribution in [1.82, 2.24) is 5.32 Å². The fraction of sp³-hybridized carbons (Fsp3) is 0.118. The highest BCUT2D eigenvalue weighted by atomic mass is 35.5. The van der Waals surface area contributed by atoms with Gasteiger partial charge in [-0.15, -0.1) is 0 Å². The first-order valence-electron chi connectivity index (χ1n) is 7.36. The summed E-state index contributed by atoms with van der Waals surface area (Å²) in [4.78, 5) is 37.8. The van der Waals surface area contributed by atoms with Crippen LogP contribution < -0.4 is 16.0 Å². The van der Waals surface area contributed by atoms with E-state index in [1.807, 2.05) is 0 Å². The average molecular weight is 378 g/mol. The number of imide groups is 1. The van der Waals surface area contributed by atoms with Gasteiger partial charge >= 0.3 is 6.03 Å². The molecule has 0 saturated heterocycles. The molecule has 0 aromatic heterocycles. The van der Waals surface area contributed by atoms with Crippen molar-refractivity contribution >= 4 is 46.7 Å². The minimum absolute atomic E-state index is 0.0518. The second kappa shape index (κ2) is 6.74. The van der Waals surface area contributed by atoms with E-state index in [2.05, 4.69) is 5.32 Å². The number of carbonyl (C=O) groups excluding carboxylic acids is 3. The van der Waals surface area contributed by atoms with E-state index in [1.165, 1.54) is 17.0 Å². The van der Waals surface area contributed by atoms with Crippen molar-refractivity contribution in [1.29, 1.82) is 0 Å². The third-order valence-electron chi connectivity index (χ3n) is 3.95. The van der Waals surface area contributed by atoms with Gasteiger partial charge in [-0.1, -0.05) is 47.5 Å². The number of anilines is 1. The van der Waals surface area contributed by atoms with Crippen LogP contribution in [-0.4, -0.2) is 23.9 Å². The molecule has 0 spiro atoms. The second-order valence-corrected chi connectivity index (χ2v) is 6.26. The molecular weight excluding hydrogens is 365 g/mol. The number of hydrogen-bond donors (Lipinski definition) is 2. The summed E-state index contributed by atoms with van der Waals surface area (Å²) in [5.74, 6) is -1.34. The second-order valence-electron chi connectivity index (χ2n) is 5.48. The Balaban J connectivity index is 1.83. The molecule has 6 nitrogen and oxygen atoms in total. The standard InChI is InChI=1S/C17H13Cl2N3O3/c18-11-6-3-5-10(14(11)19)15(23)21-16(24)13-8-9-4-1-2-7-12(9)22(13)17(20)25/h1-7,13H,8H2,(H2,20,25)(H,21,23,24). The molecule has 0 aliphatic carbocycles. The van der Waals surface area contributed by atoms with E-state index in [-0.39, 0.29) is 22.0 Å². The van der Waals surface area contributed by atoms with Crippen LogP contribution in [0.4, 0.5) is 10.5 Å². The number of nitrogens with zero attached hydrogens (tertiary/aromatic N) is 1. The Hall–Kier alpha value is -2.57. The Morgan fingerprint density at radius 1 is 1.08 bits per heavy atom. The Kier molecular flexibility index (Phi) is 4.65. The van der Waals surface area contributed by atoms with Crippen LogP contribution in [0.3, 0.4) is 0 Å². The van der Waals surface area contributed by atoms with Crippen molar-refractivity contribution in [3.8, 4) is 0 Å². The van der Waals surface area contributed by atoms with E-state index >= 15 is 0 Å². The molecule has 0 saturated carbocycles. The summed E-state index contributed by atoms with van der Waals surface area (Å²) in [6.45, 7) is 0. The minimum atomic E-state index is -0.906. The zero-order chi connectivity index (χ0) is 18.1. The summed E-state index contributed by atoms with van der Waals surface area (Å²) in [6.07, 6.45) is 0.265. The van der Waals surface area contributed by atoms with Crippen molar-refractivity contribution in [3.63, 3.8) is 0 Å². The predicted molar refractivity (Wildman–Crippen MR) is 94.9 cm³/mol. The molecule has 128 valence electrons. The Morgan fingerprint density at radius 3 is 2.52 bits per heavy atom. The number of urea groups is 1. The third-order valence-corrected chi connectivity index (χ3v) is 4.77. The lowest BCUT2D eigenvalue weighted by Gasteiger charge is -2.22. The molecule has 2 aromatic rings. The zero-order valence-electron chi connectivity index (χ0n) is 12.8. The van der Waals surface area contributed by atoms with Crippen LogP contribution in [0.15, 0.2) is 42.5 Å². The van der Waals surface area contributed by atoms with Crippen molar-refractivity contribution < 1.29 is 14.4 Å². The van der Waals surface area contributed by atoms with Gasteiger partial charge in [-0.25, -0.2) is 4.79 Å². The topological polar surface area (TPSA) is 92.5 Å². The van der Waals surface area contributed by atoms with Gasteiger partial charge in [0.15, 0.2) is 0 Å². The van der Waals surface area contributed by atoms with Gasteiger partial charge in [0, 0.05) is 12.1 Å². The van der Waals surface area contributed by atoms with E-state index in [9.17, 15) is 14.4 Å². The number of rotatable bonds is 2. The van der Waals surface area contributed by atoms with Crippen molar-refractivity contribution in [2.24, 2.45) is 5.73 Å². The summed E-state index contributed by atoms with van der Waals surface area (Å²) < 4.78 is 0. The molecule has 1 atom stereocenters. The van der Waals surface area contributed by atoms with E-state index in [0.717, 1.165) is 5.56 Å². The van der Waals surface area contributed by atoms with E-state index in [0.29, 0.717) is 5.69 Å². The van der Waals surface area contributed by atoms with Gasteiger partial charge in [0.25, 0.3) is 5.91 Å². The van der Waals surface area contributed by atoms with Crippen molar-refractivity contribution in [2.45, 2.75) is 12.5 Å². The van der Waals surface area contributed by atoms with E-state index in [4.69, 9.17) is 28.9 Å². The summed E-state index contributed by atoms with van der Waals surface area (Å²) in [6, 6.07) is 9.90. The van der Waals surface area contributed by atoms with Gasteiger partial charge in [-0.05, 0) is 23.8 Å². The van der Waals surface area contributed by atoms with Gasteiger partial charge < -0.3 is 5.73 Å². The van der Waals surface area contributed by atoms with Crippen LogP contribution in [0, 0.1) is 0 Å². The average Bonchev–Trinajstić information content (AvgIpc) is 2.97. The van der Waals surface area contributed by atoms with Gasteiger partial charge in [0.05, 0.1) is 15.6 Å². The summed E-state index contributed by atoms with van der Waals surface area (Å²) in [5, 5.41) is 2.51. The number of carbonyl (C=O) groups is 3. The SMILES string of the molecule is NC(=O)N1c2ccccc2CC1C(=O)NC(=O)c1cccc(Cl)c1Cl. The first kappa shape index (κ1) is 17.3. The molecule has 25 heavy (non-hydrogen) atoms. The molecule has 2 aromatic carbocycles. The van der Waals surface area contributed by atoms with Crippen LogP contribution in [0.2, 0.25) is 10.0 Å². The molecule has 0 radical (unpaired) electrons. The van der Waals surface area contributed by atoms with Gasteiger partial charge in [0.2, 0.25) is 5.91 Å². The highest BCUT2D eigenvalue weighted by Gasteiger charge is 2.38. The van der Waals surface area contributed by atoms with Crippen LogP contribution in [0.1, 0.15) is 15.9 Å². The highest BCUT2D eigenvalue weighted by Crippen LogP contribution is 2.32. The number of benzene rings is 2. The summed E-state index contributed by atoms with van der Waals surface area (Å²) in [7, 11) is 0. The molecule has 0 bridgehead atoms. The number of fused-ring (bicyclic) bond motifs is 1. The minimum Gasteiger partial charge on any atom is -0.351 e. The fourth-order valence-electron chi connectivity index (χ4n) is 2.81. The molecule has 1 aliphatic heterocycles. The number of para-hydroxylation sites is 1.